The molecule has 0 saturated heterocycles. The molecule has 0 bridgehead atoms. The summed E-state index contributed by atoms with van der Waals surface area (Å²) in [5, 5.41) is 0. The van der Waals surface area contributed by atoms with Gasteiger partial charge in [-0.2, -0.15) is 0 Å². The summed E-state index contributed by atoms with van der Waals surface area (Å²) in [4.78, 5) is 23.5. The molecule has 2 aromatic rings. The van der Waals surface area contributed by atoms with Crippen LogP contribution in [-0.2, 0) is 16.1 Å². The number of hydrogen-bond acceptors (Lipinski definition) is 4. The lowest BCUT2D eigenvalue weighted by Crippen LogP contribution is -2.05. The molecular formula is C16H10O4. The van der Waals surface area contributed by atoms with Gasteiger partial charge in [0.15, 0.2) is 6.10 Å². The van der Waals surface area contributed by atoms with E-state index >= 15 is 0 Å². The van der Waals surface area contributed by atoms with E-state index in [1.54, 1.807) is 18.2 Å². The molecule has 1 atom stereocenters. The van der Waals surface area contributed by atoms with Crippen molar-refractivity contribution < 1.29 is 19.1 Å². The highest BCUT2D eigenvalue weighted by atomic mass is 16.6. The van der Waals surface area contributed by atoms with Crippen LogP contribution in [0.25, 0.3) is 0 Å². The number of benzene rings is 2. The van der Waals surface area contributed by atoms with Crippen LogP contribution in [-0.4, -0.2) is 11.9 Å². The molecule has 4 nitrogen and oxygen atoms in total. The Balaban J connectivity index is 1.89. The average molecular weight is 266 g/mol. The van der Waals surface area contributed by atoms with Crippen molar-refractivity contribution >= 4 is 11.9 Å². The monoisotopic (exact) mass is 266 g/mol. The zero-order valence-electron chi connectivity index (χ0n) is 10.5. The van der Waals surface area contributed by atoms with Gasteiger partial charge in [0, 0.05) is 16.7 Å². The van der Waals surface area contributed by atoms with E-state index in [1.807, 2.05) is 24.3 Å². The van der Waals surface area contributed by atoms with E-state index in [4.69, 9.17) is 9.47 Å². The van der Waals surface area contributed by atoms with Gasteiger partial charge in [-0.3, -0.25) is 0 Å². The molecule has 0 N–H and O–H groups in total. The number of carbonyl (C=O) groups is 2. The van der Waals surface area contributed by atoms with Crippen LogP contribution < -0.4 is 0 Å². The minimum atomic E-state index is -0.455. The second kappa shape index (κ2) is 3.93. The van der Waals surface area contributed by atoms with E-state index in [0.29, 0.717) is 11.1 Å². The first kappa shape index (κ1) is 11.2. The van der Waals surface area contributed by atoms with Crippen molar-refractivity contribution in [1.82, 2.24) is 0 Å². The minimum Gasteiger partial charge on any atom is -0.457 e. The minimum absolute atomic E-state index is 0.237. The Morgan fingerprint density at radius 2 is 1.60 bits per heavy atom. The van der Waals surface area contributed by atoms with Crippen LogP contribution in [0.15, 0.2) is 42.5 Å². The molecule has 0 radical (unpaired) electrons. The van der Waals surface area contributed by atoms with Crippen LogP contribution in [0.1, 0.15) is 43.5 Å². The zero-order chi connectivity index (χ0) is 13.7. The van der Waals surface area contributed by atoms with Crippen LogP contribution >= 0.6 is 0 Å². The molecule has 4 rings (SSSR count). The summed E-state index contributed by atoms with van der Waals surface area (Å²) in [6, 6.07) is 12.7. The molecule has 0 aromatic heterocycles. The lowest BCUT2D eigenvalue weighted by Gasteiger charge is -2.14. The second-order valence-corrected chi connectivity index (χ2v) is 4.82. The smallest absolute Gasteiger partial charge is 0.339 e. The summed E-state index contributed by atoms with van der Waals surface area (Å²) in [7, 11) is 0. The summed E-state index contributed by atoms with van der Waals surface area (Å²) in [5.74, 6) is -0.645. The molecule has 0 aliphatic carbocycles. The van der Waals surface area contributed by atoms with Gasteiger partial charge in [0.05, 0.1) is 11.1 Å². The van der Waals surface area contributed by atoms with Gasteiger partial charge in [0.1, 0.15) is 6.61 Å². The Labute approximate surface area is 114 Å². The molecule has 0 amide bonds. The topological polar surface area (TPSA) is 52.6 Å². The first-order chi connectivity index (χ1) is 9.75. The number of ether oxygens (including phenoxy) is 2. The number of rotatable bonds is 1. The largest absolute Gasteiger partial charge is 0.457 e. The van der Waals surface area contributed by atoms with E-state index in [1.165, 1.54) is 0 Å². The van der Waals surface area contributed by atoms with Gasteiger partial charge in [-0.15, -0.1) is 0 Å². The first-order valence-corrected chi connectivity index (χ1v) is 6.34. The third-order valence-corrected chi connectivity index (χ3v) is 3.75. The van der Waals surface area contributed by atoms with Crippen molar-refractivity contribution in [1.29, 1.82) is 0 Å². The van der Waals surface area contributed by atoms with Gasteiger partial charge in [-0.1, -0.05) is 30.3 Å². The molecule has 2 heterocycles. The fraction of sp³-hybridized carbons (Fsp3) is 0.125. The number of fused-ring (bicyclic) bond motifs is 2. The van der Waals surface area contributed by atoms with E-state index < -0.39 is 6.10 Å². The van der Waals surface area contributed by atoms with Crippen LogP contribution in [0.5, 0.6) is 0 Å². The van der Waals surface area contributed by atoms with Crippen molar-refractivity contribution in [3.05, 3.63) is 70.3 Å². The average Bonchev–Trinajstić information content (AvgIpc) is 3.01. The SMILES string of the molecule is O=C1OC(c2cccc3c2COC3=O)c2ccccc21. The van der Waals surface area contributed by atoms with Gasteiger partial charge in [0.2, 0.25) is 0 Å². The van der Waals surface area contributed by atoms with Crippen molar-refractivity contribution in [2.45, 2.75) is 12.7 Å². The van der Waals surface area contributed by atoms with Crippen molar-refractivity contribution in [3.8, 4) is 0 Å². The lowest BCUT2D eigenvalue weighted by molar-refractivity contribution is 0.0445. The molecule has 2 aliphatic rings. The summed E-state index contributed by atoms with van der Waals surface area (Å²) in [6.45, 7) is 0.237. The summed E-state index contributed by atoms with van der Waals surface area (Å²) < 4.78 is 10.5. The fourth-order valence-corrected chi connectivity index (χ4v) is 2.79. The molecule has 0 saturated carbocycles. The van der Waals surface area contributed by atoms with Crippen LogP contribution in [0.2, 0.25) is 0 Å². The zero-order valence-corrected chi connectivity index (χ0v) is 10.5. The molecule has 4 heteroatoms. The number of esters is 2. The normalized spacial score (nSPS) is 19.3. The lowest BCUT2D eigenvalue weighted by atomic mass is 9.94. The van der Waals surface area contributed by atoms with Crippen molar-refractivity contribution in [3.63, 3.8) is 0 Å². The molecular weight excluding hydrogens is 256 g/mol. The van der Waals surface area contributed by atoms with Gasteiger partial charge in [0.25, 0.3) is 0 Å². The third-order valence-electron chi connectivity index (χ3n) is 3.75. The van der Waals surface area contributed by atoms with Crippen LogP contribution in [0, 0.1) is 0 Å². The molecule has 0 fully saturated rings. The fourth-order valence-electron chi connectivity index (χ4n) is 2.79. The number of hydrogen-bond donors (Lipinski definition) is 0. The maximum absolute atomic E-state index is 11.9. The second-order valence-electron chi connectivity index (χ2n) is 4.82. The van der Waals surface area contributed by atoms with Gasteiger partial charge in [-0.05, 0) is 12.1 Å². The predicted molar refractivity (Wildman–Crippen MR) is 69.3 cm³/mol. The van der Waals surface area contributed by atoms with Gasteiger partial charge >= 0.3 is 11.9 Å². The van der Waals surface area contributed by atoms with E-state index in [0.717, 1.165) is 16.7 Å². The Morgan fingerprint density at radius 1 is 0.850 bits per heavy atom. The number of carbonyl (C=O) groups excluding carboxylic acids is 2. The molecule has 1 unspecified atom stereocenters. The van der Waals surface area contributed by atoms with E-state index in [9.17, 15) is 9.59 Å². The Hall–Kier alpha value is -2.62. The molecule has 98 valence electrons. The third kappa shape index (κ3) is 1.42. The maximum atomic E-state index is 11.9. The quantitative estimate of drug-likeness (QED) is 0.744. The van der Waals surface area contributed by atoms with Crippen LogP contribution in [0.3, 0.4) is 0 Å². The summed E-state index contributed by atoms with van der Waals surface area (Å²) >= 11 is 0. The summed E-state index contributed by atoms with van der Waals surface area (Å²) in [6.07, 6.45) is -0.455. The number of cyclic esters (lactones) is 2. The highest BCUT2D eigenvalue weighted by Gasteiger charge is 2.35. The predicted octanol–water partition coefficient (Wildman–Crippen LogP) is 2.62. The van der Waals surface area contributed by atoms with Gasteiger partial charge in [-0.25, -0.2) is 9.59 Å². The van der Waals surface area contributed by atoms with Crippen molar-refractivity contribution in [2.24, 2.45) is 0 Å². The standard InChI is InChI=1S/C16H10O4/c17-15-12-7-3-6-10(13(12)8-19-15)14-9-4-1-2-5-11(9)16(18)20-14/h1-7,14H,8H2. The van der Waals surface area contributed by atoms with E-state index in [2.05, 4.69) is 0 Å². The summed E-state index contributed by atoms with van der Waals surface area (Å²) in [5.41, 5.74) is 3.62. The maximum Gasteiger partial charge on any atom is 0.339 e. The highest BCUT2D eigenvalue weighted by molar-refractivity contribution is 5.96. The molecule has 20 heavy (non-hydrogen) atoms. The van der Waals surface area contributed by atoms with Crippen LogP contribution in [0.4, 0.5) is 0 Å². The molecule has 2 aromatic carbocycles. The van der Waals surface area contributed by atoms with E-state index in [-0.39, 0.29) is 18.5 Å². The Morgan fingerprint density at radius 3 is 2.50 bits per heavy atom. The first-order valence-electron chi connectivity index (χ1n) is 6.34. The highest BCUT2D eigenvalue weighted by Crippen LogP contribution is 2.39. The molecule has 0 spiro atoms. The van der Waals surface area contributed by atoms with Crippen molar-refractivity contribution in [2.75, 3.05) is 0 Å². The molecule has 2 aliphatic heterocycles. The Bertz CT molecular complexity index is 748. The van der Waals surface area contributed by atoms with Gasteiger partial charge < -0.3 is 9.47 Å². The Kier molecular flexibility index (Phi) is 2.21.